The lowest BCUT2D eigenvalue weighted by Gasteiger charge is -2.33. The van der Waals surface area contributed by atoms with Gasteiger partial charge < -0.3 is 9.64 Å². The van der Waals surface area contributed by atoms with E-state index in [0.29, 0.717) is 5.92 Å². The molecular weight excluding hydrogens is 386 g/mol. The van der Waals surface area contributed by atoms with E-state index in [4.69, 9.17) is 0 Å². The number of nitrogens with zero attached hydrogens (tertiary/aromatic N) is 2. The molecule has 0 N–H and O–H groups in total. The van der Waals surface area contributed by atoms with Crippen LogP contribution in [0.3, 0.4) is 0 Å². The molecule has 3 atom stereocenters. The zero-order valence-electron chi connectivity index (χ0n) is 16.8. The summed E-state index contributed by atoms with van der Waals surface area (Å²) in [6.07, 6.45) is 3.76. The number of carbonyl (C=O) groups is 1. The van der Waals surface area contributed by atoms with Crippen LogP contribution in [-0.4, -0.2) is 47.5 Å². The van der Waals surface area contributed by atoms with Gasteiger partial charge in [-0.3, -0.25) is 9.69 Å². The summed E-state index contributed by atoms with van der Waals surface area (Å²) >= 11 is 0. The van der Waals surface area contributed by atoms with Crippen LogP contribution in [-0.2, 0) is 11.2 Å². The standard InChI is InChI=1S/C24H26F2N2O2/c25-23(26)30-20-9-7-18(8-10-20)21-15-19-16-27(14-11-17-5-2-1-3-6-17)22(29)24(19)12-4-13-28(21)24/h1-3,5-10,19,21,23H,4,11-16H2/t19-,21-,24-/m0/s1. The maximum absolute atomic E-state index is 13.5. The first-order valence-corrected chi connectivity index (χ1v) is 10.7. The van der Waals surface area contributed by atoms with E-state index in [1.807, 2.05) is 30.3 Å². The fourth-order valence-electron chi connectivity index (χ4n) is 5.87. The number of hydrogen-bond acceptors (Lipinski definition) is 3. The highest BCUT2D eigenvalue weighted by molar-refractivity contribution is 5.90. The number of ether oxygens (including phenoxy) is 1. The molecule has 0 unspecified atom stereocenters. The van der Waals surface area contributed by atoms with E-state index in [-0.39, 0.29) is 23.2 Å². The molecule has 5 rings (SSSR count). The van der Waals surface area contributed by atoms with Crippen molar-refractivity contribution < 1.29 is 18.3 Å². The molecule has 0 saturated carbocycles. The zero-order chi connectivity index (χ0) is 20.7. The maximum Gasteiger partial charge on any atom is 0.387 e. The third kappa shape index (κ3) is 3.18. The summed E-state index contributed by atoms with van der Waals surface area (Å²) in [5.74, 6) is 0.776. The van der Waals surface area contributed by atoms with Crippen LogP contribution in [0, 0.1) is 5.92 Å². The van der Waals surface area contributed by atoms with Gasteiger partial charge in [0, 0.05) is 25.0 Å². The van der Waals surface area contributed by atoms with Crippen molar-refractivity contribution >= 4 is 5.91 Å². The first-order chi connectivity index (χ1) is 14.6. The lowest BCUT2D eigenvalue weighted by molar-refractivity contribution is -0.137. The number of halogens is 2. The summed E-state index contributed by atoms with van der Waals surface area (Å²) in [6, 6.07) is 17.4. The van der Waals surface area contributed by atoms with Crippen LogP contribution in [0.4, 0.5) is 8.78 Å². The van der Waals surface area contributed by atoms with Crippen molar-refractivity contribution in [3.8, 4) is 5.75 Å². The molecule has 3 heterocycles. The van der Waals surface area contributed by atoms with Crippen molar-refractivity contribution in [3.63, 3.8) is 0 Å². The Hall–Kier alpha value is -2.47. The lowest BCUT2D eigenvalue weighted by atomic mass is 9.85. The van der Waals surface area contributed by atoms with Crippen molar-refractivity contribution in [2.45, 2.75) is 43.9 Å². The molecule has 4 nitrogen and oxygen atoms in total. The van der Waals surface area contributed by atoms with Crippen LogP contribution >= 0.6 is 0 Å². The maximum atomic E-state index is 13.5. The molecule has 158 valence electrons. The van der Waals surface area contributed by atoms with Gasteiger partial charge in [0.25, 0.3) is 0 Å². The molecule has 3 aliphatic heterocycles. The molecule has 3 aliphatic rings. The molecule has 30 heavy (non-hydrogen) atoms. The van der Waals surface area contributed by atoms with Crippen molar-refractivity contribution in [2.24, 2.45) is 5.92 Å². The van der Waals surface area contributed by atoms with Gasteiger partial charge in [-0.15, -0.1) is 0 Å². The predicted molar refractivity (Wildman–Crippen MR) is 109 cm³/mol. The minimum atomic E-state index is -2.82. The molecule has 3 saturated heterocycles. The zero-order valence-corrected chi connectivity index (χ0v) is 16.8. The summed E-state index contributed by atoms with van der Waals surface area (Å²) in [5, 5.41) is 0. The minimum Gasteiger partial charge on any atom is -0.435 e. The van der Waals surface area contributed by atoms with Crippen LogP contribution < -0.4 is 4.74 Å². The molecule has 6 heteroatoms. The third-order valence-corrected chi connectivity index (χ3v) is 7.13. The summed E-state index contributed by atoms with van der Waals surface area (Å²) in [5.41, 5.74) is 1.96. The number of likely N-dealkylation sites (tertiary alicyclic amines) is 1. The van der Waals surface area contributed by atoms with Gasteiger partial charge in [-0.05, 0) is 55.5 Å². The Morgan fingerprint density at radius 1 is 1.10 bits per heavy atom. The first-order valence-electron chi connectivity index (χ1n) is 10.7. The topological polar surface area (TPSA) is 32.8 Å². The molecule has 0 aliphatic carbocycles. The summed E-state index contributed by atoms with van der Waals surface area (Å²) in [4.78, 5) is 18.0. The number of benzene rings is 2. The predicted octanol–water partition coefficient (Wildman–Crippen LogP) is 4.27. The van der Waals surface area contributed by atoms with Gasteiger partial charge in [0.05, 0.1) is 0 Å². The largest absolute Gasteiger partial charge is 0.435 e. The van der Waals surface area contributed by atoms with Gasteiger partial charge in [0.15, 0.2) is 0 Å². The van der Waals surface area contributed by atoms with Crippen LogP contribution in [0.1, 0.15) is 36.4 Å². The van der Waals surface area contributed by atoms with Crippen LogP contribution in [0.15, 0.2) is 54.6 Å². The van der Waals surface area contributed by atoms with E-state index < -0.39 is 6.61 Å². The fourth-order valence-corrected chi connectivity index (χ4v) is 5.87. The second-order valence-electron chi connectivity index (χ2n) is 8.60. The van der Waals surface area contributed by atoms with Crippen molar-refractivity contribution in [3.05, 3.63) is 65.7 Å². The lowest BCUT2D eigenvalue weighted by Crippen LogP contribution is -2.49. The number of amides is 1. The summed E-state index contributed by atoms with van der Waals surface area (Å²) < 4.78 is 29.3. The molecule has 2 aromatic rings. The Bertz CT molecular complexity index is 905. The number of alkyl halides is 2. The van der Waals surface area contributed by atoms with Crippen LogP contribution in [0.5, 0.6) is 5.75 Å². The van der Waals surface area contributed by atoms with Crippen molar-refractivity contribution in [1.29, 1.82) is 0 Å². The summed E-state index contributed by atoms with van der Waals surface area (Å²) in [7, 11) is 0. The van der Waals surface area contributed by atoms with E-state index in [9.17, 15) is 13.6 Å². The molecular formula is C24H26F2N2O2. The number of rotatable bonds is 6. The van der Waals surface area contributed by atoms with Gasteiger partial charge in [-0.2, -0.15) is 8.78 Å². The van der Waals surface area contributed by atoms with E-state index >= 15 is 0 Å². The number of hydrogen-bond donors (Lipinski definition) is 0. The van der Waals surface area contributed by atoms with Gasteiger partial charge in [-0.25, -0.2) is 0 Å². The normalized spacial score (nSPS) is 28.2. The second kappa shape index (κ2) is 7.65. The van der Waals surface area contributed by atoms with Crippen molar-refractivity contribution in [2.75, 3.05) is 19.6 Å². The molecule has 2 aromatic carbocycles. The van der Waals surface area contributed by atoms with E-state index in [1.165, 1.54) is 5.56 Å². The Labute approximate surface area is 175 Å². The average Bonchev–Trinajstić information content (AvgIpc) is 3.38. The Balaban J connectivity index is 1.32. The Morgan fingerprint density at radius 2 is 1.87 bits per heavy atom. The van der Waals surface area contributed by atoms with Gasteiger partial charge in [0.2, 0.25) is 5.91 Å². The molecule has 3 fully saturated rings. The molecule has 1 amide bonds. The first kappa shape index (κ1) is 19.5. The minimum absolute atomic E-state index is 0.165. The Morgan fingerprint density at radius 3 is 2.60 bits per heavy atom. The highest BCUT2D eigenvalue weighted by atomic mass is 19.3. The average molecular weight is 412 g/mol. The second-order valence-corrected chi connectivity index (χ2v) is 8.60. The van der Waals surface area contributed by atoms with Gasteiger partial charge in [-0.1, -0.05) is 42.5 Å². The summed E-state index contributed by atoms with van der Waals surface area (Å²) in [6.45, 7) is -0.331. The monoisotopic (exact) mass is 412 g/mol. The highest BCUT2D eigenvalue weighted by Crippen LogP contribution is 2.56. The smallest absolute Gasteiger partial charge is 0.387 e. The highest BCUT2D eigenvalue weighted by Gasteiger charge is 2.64. The SMILES string of the molecule is O=C1N(CCc2ccccc2)C[C@@H]2C[C@@H](c3ccc(OC(F)F)cc3)N3CCC[C@@]123. The van der Waals surface area contributed by atoms with Crippen LogP contribution in [0.25, 0.3) is 0 Å². The molecule has 1 spiro atoms. The van der Waals surface area contributed by atoms with E-state index in [2.05, 4.69) is 26.7 Å². The third-order valence-electron chi connectivity index (χ3n) is 7.13. The molecule has 0 radical (unpaired) electrons. The van der Waals surface area contributed by atoms with Gasteiger partial charge >= 0.3 is 6.61 Å². The van der Waals surface area contributed by atoms with E-state index in [0.717, 1.165) is 50.9 Å². The van der Waals surface area contributed by atoms with E-state index in [1.54, 1.807) is 12.1 Å². The van der Waals surface area contributed by atoms with Crippen molar-refractivity contribution in [1.82, 2.24) is 9.80 Å². The quantitative estimate of drug-likeness (QED) is 0.711. The molecule has 0 bridgehead atoms. The van der Waals surface area contributed by atoms with Crippen LogP contribution in [0.2, 0.25) is 0 Å². The Kier molecular flexibility index (Phi) is 4.97. The molecule has 0 aromatic heterocycles. The van der Waals surface area contributed by atoms with Gasteiger partial charge in [0.1, 0.15) is 11.3 Å². The number of carbonyl (C=O) groups excluding carboxylic acids is 1. The fraction of sp³-hybridized carbons (Fsp3) is 0.458.